The number of H-pyrrole nitrogens is 1. The van der Waals surface area contributed by atoms with E-state index in [4.69, 9.17) is 0 Å². The number of aromatic amines is 1. The Morgan fingerprint density at radius 2 is 2.14 bits per heavy atom. The molecule has 0 radical (unpaired) electrons. The van der Waals surface area contributed by atoms with Gasteiger partial charge in [-0.05, 0) is 11.4 Å². The number of thiophene rings is 1. The van der Waals surface area contributed by atoms with Crippen molar-refractivity contribution in [1.29, 1.82) is 0 Å². The van der Waals surface area contributed by atoms with Crippen molar-refractivity contribution in [3.63, 3.8) is 0 Å². The van der Waals surface area contributed by atoms with E-state index in [1.165, 1.54) is 11.4 Å². The topological polar surface area (TPSA) is 45.8 Å². The first-order valence-electron chi connectivity index (χ1n) is 3.53. The minimum atomic E-state index is -4.54. The molecule has 2 aromatic heterocycles. The van der Waals surface area contributed by atoms with Crippen molar-refractivity contribution >= 4 is 21.4 Å². The number of hydrogen-bond donors (Lipinski definition) is 1. The van der Waals surface area contributed by atoms with Gasteiger partial charge in [0.1, 0.15) is 4.70 Å². The van der Waals surface area contributed by atoms with E-state index in [2.05, 4.69) is 5.10 Å². The number of fused-ring (bicyclic) bond motifs is 1. The zero-order valence-corrected chi connectivity index (χ0v) is 7.37. The molecule has 0 aliphatic heterocycles. The summed E-state index contributed by atoms with van der Waals surface area (Å²) in [6.07, 6.45) is -4.54. The molecule has 3 nitrogen and oxygen atoms in total. The fourth-order valence-electron chi connectivity index (χ4n) is 1.11. The molecular weight excluding hydrogens is 217 g/mol. The van der Waals surface area contributed by atoms with Crippen LogP contribution >= 0.6 is 11.3 Å². The molecule has 7 heteroatoms. The van der Waals surface area contributed by atoms with Gasteiger partial charge in [0, 0.05) is 5.39 Å². The van der Waals surface area contributed by atoms with Gasteiger partial charge in [0.25, 0.3) is 5.56 Å². The van der Waals surface area contributed by atoms with Crippen molar-refractivity contribution in [2.45, 2.75) is 6.18 Å². The van der Waals surface area contributed by atoms with Gasteiger partial charge >= 0.3 is 6.18 Å². The molecule has 0 spiro atoms. The summed E-state index contributed by atoms with van der Waals surface area (Å²) in [5.74, 6) is 0. The molecule has 0 fully saturated rings. The van der Waals surface area contributed by atoms with Crippen LogP contribution in [-0.2, 0) is 6.18 Å². The number of nitrogens with zero attached hydrogens (tertiary/aromatic N) is 1. The Balaban J connectivity index is 2.86. The van der Waals surface area contributed by atoms with Gasteiger partial charge in [-0.1, -0.05) is 0 Å². The summed E-state index contributed by atoms with van der Waals surface area (Å²) in [6.45, 7) is 0. The quantitative estimate of drug-likeness (QED) is 0.738. The van der Waals surface area contributed by atoms with Crippen LogP contribution in [0.15, 0.2) is 16.2 Å². The highest BCUT2D eigenvalue weighted by Crippen LogP contribution is 2.32. The summed E-state index contributed by atoms with van der Waals surface area (Å²) in [7, 11) is 0. The summed E-state index contributed by atoms with van der Waals surface area (Å²) in [5.41, 5.74) is -1.64. The van der Waals surface area contributed by atoms with Crippen LogP contribution in [0.5, 0.6) is 0 Å². The Hall–Kier alpha value is -1.37. The summed E-state index contributed by atoms with van der Waals surface area (Å²) in [4.78, 5) is 11.0. The van der Waals surface area contributed by atoms with Crippen LogP contribution in [0.25, 0.3) is 10.1 Å². The Bertz CT molecular complexity index is 527. The van der Waals surface area contributed by atoms with E-state index in [0.29, 0.717) is 0 Å². The average Bonchev–Trinajstić information content (AvgIpc) is 2.50. The Morgan fingerprint density at radius 3 is 2.79 bits per heavy atom. The maximum absolute atomic E-state index is 12.3. The molecule has 0 unspecified atom stereocenters. The Kier molecular flexibility index (Phi) is 1.84. The second-order valence-corrected chi connectivity index (χ2v) is 3.48. The molecule has 0 atom stereocenters. The van der Waals surface area contributed by atoms with Gasteiger partial charge in [0.15, 0.2) is 5.69 Å². The third-order valence-corrected chi connectivity index (χ3v) is 2.58. The van der Waals surface area contributed by atoms with E-state index < -0.39 is 17.4 Å². The second-order valence-electron chi connectivity index (χ2n) is 2.56. The summed E-state index contributed by atoms with van der Waals surface area (Å²) < 4.78 is 37.1. The largest absolute Gasteiger partial charge is 0.435 e. The Labute approximate surface area is 79.2 Å². The highest BCUT2D eigenvalue weighted by molar-refractivity contribution is 7.17. The van der Waals surface area contributed by atoms with Crippen LogP contribution in [-0.4, -0.2) is 10.2 Å². The fraction of sp³-hybridized carbons (Fsp3) is 0.143. The van der Waals surface area contributed by atoms with Gasteiger partial charge in [0.2, 0.25) is 0 Å². The molecule has 0 aromatic carbocycles. The van der Waals surface area contributed by atoms with E-state index in [0.717, 1.165) is 11.3 Å². The lowest BCUT2D eigenvalue weighted by Crippen LogP contribution is -2.15. The summed E-state index contributed by atoms with van der Waals surface area (Å²) >= 11 is 0.960. The molecule has 1 N–H and O–H groups in total. The van der Waals surface area contributed by atoms with Crippen LogP contribution in [0.4, 0.5) is 13.2 Å². The van der Waals surface area contributed by atoms with Gasteiger partial charge in [-0.2, -0.15) is 18.3 Å². The van der Waals surface area contributed by atoms with Crippen molar-refractivity contribution in [2.75, 3.05) is 0 Å². The molecule has 0 bridgehead atoms. The standard InChI is InChI=1S/C7H3F3N2OS/c8-7(9,10)5-3-1-2-14-4(3)6(13)12-11-5/h1-2H,(H,12,13). The predicted octanol–water partition coefficient (Wildman–Crippen LogP) is 2.00. The molecule has 0 aliphatic rings. The number of nitrogens with one attached hydrogen (secondary N) is 1. The zero-order chi connectivity index (χ0) is 10.3. The van der Waals surface area contributed by atoms with Gasteiger partial charge in [0.05, 0.1) is 0 Å². The Morgan fingerprint density at radius 1 is 1.43 bits per heavy atom. The smallest absolute Gasteiger partial charge is 0.266 e. The van der Waals surface area contributed by atoms with Gasteiger partial charge < -0.3 is 0 Å². The van der Waals surface area contributed by atoms with Crippen molar-refractivity contribution in [2.24, 2.45) is 0 Å². The number of hydrogen-bond acceptors (Lipinski definition) is 3. The first-order valence-corrected chi connectivity index (χ1v) is 4.41. The van der Waals surface area contributed by atoms with E-state index in [1.54, 1.807) is 0 Å². The SMILES string of the molecule is O=c1[nH]nc(C(F)(F)F)c2ccsc12. The third-order valence-electron chi connectivity index (χ3n) is 1.66. The van der Waals surface area contributed by atoms with E-state index >= 15 is 0 Å². The van der Waals surface area contributed by atoms with Crippen LogP contribution in [0.3, 0.4) is 0 Å². The molecule has 2 rings (SSSR count). The van der Waals surface area contributed by atoms with Crippen molar-refractivity contribution < 1.29 is 13.2 Å². The van der Waals surface area contributed by atoms with Gasteiger partial charge in [-0.3, -0.25) is 4.79 Å². The lowest BCUT2D eigenvalue weighted by atomic mass is 10.2. The lowest BCUT2D eigenvalue weighted by Gasteiger charge is -2.04. The highest BCUT2D eigenvalue weighted by atomic mass is 32.1. The monoisotopic (exact) mass is 220 g/mol. The molecule has 0 saturated heterocycles. The van der Waals surface area contributed by atoms with Crippen molar-refractivity contribution in [3.8, 4) is 0 Å². The van der Waals surface area contributed by atoms with E-state index in [9.17, 15) is 18.0 Å². The van der Waals surface area contributed by atoms with Crippen LogP contribution in [0.2, 0.25) is 0 Å². The average molecular weight is 220 g/mol. The molecule has 0 amide bonds. The number of alkyl halides is 3. The molecule has 2 heterocycles. The first kappa shape index (κ1) is 9.20. The van der Waals surface area contributed by atoms with Gasteiger partial charge in [-0.15, -0.1) is 11.3 Å². The molecule has 14 heavy (non-hydrogen) atoms. The second kappa shape index (κ2) is 2.81. The van der Waals surface area contributed by atoms with Gasteiger partial charge in [-0.25, -0.2) is 5.10 Å². The first-order chi connectivity index (χ1) is 6.50. The van der Waals surface area contributed by atoms with E-state index in [1.807, 2.05) is 5.10 Å². The molecular formula is C7H3F3N2OS. The third kappa shape index (κ3) is 1.29. The summed E-state index contributed by atoms with van der Waals surface area (Å²) in [6, 6.07) is 1.24. The zero-order valence-electron chi connectivity index (χ0n) is 6.55. The van der Waals surface area contributed by atoms with E-state index in [-0.39, 0.29) is 10.1 Å². The minimum Gasteiger partial charge on any atom is -0.266 e. The molecule has 0 aliphatic carbocycles. The lowest BCUT2D eigenvalue weighted by molar-refractivity contribution is -0.140. The van der Waals surface area contributed by atoms with Crippen molar-refractivity contribution in [3.05, 3.63) is 27.5 Å². The number of rotatable bonds is 0. The molecule has 0 saturated carbocycles. The molecule has 2 aromatic rings. The molecule has 74 valence electrons. The summed E-state index contributed by atoms with van der Waals surface area (Å²) in [5, 5.41) is 6.09. The minimum absolute atomic E-state index is 0.0484. The maximum Gasteiger partial charge on any atom is 0.435 e. The highest BCUT2D eigenvalue weighted by Gasteiger charge is 2.35. The number of halogens is 3. The van der Waals surface area contributed by atoms with Crippen LogP contribution in [0.1, 0.15) is 5.69 Å². The normalized spacial score (nSPS) is 12.2. The van der Waals surface area contributed by atoms with Crippen molar-refractivity contribution in [1.82, 2.24) is 10.2 Å². The van der Waals surface area contributed by atoms with Crippen LogP contribution in [0, 0.1) is 0 Å². The van der Waals surface area contributed by atoms with Crippen LogP contribution < -0.4 is 5.56 Å². The number of aromatic nitrogens is 2. The predicted molar refractivity (Wildman–Crippen MR) is 45.2 cm³/mol. The fourth-order valence-corrected chi connectivity index (χ4v) is 1.89. The maximum atomic E-state index is 12.3.